The highest BCUT2D eigenvalue weighted by Gasteiger charge is 2.16. The maximum atomic E-state index is 11.0. The van der Waals surface area contributed by atoms with Crippen LogP contribution in [-0.4, -0.2) is 28.0 Å². The van der Waals surface area contributed by atoms with E-state index in [1.54, 1.807) is 0 Å². The molecule has 0 saturated heterocycles. The van der Waals surface area contributed by atoms with Crippen LogP contribution in [0, 0.1) is 0 Å². The fourth-order valence-corrected chi connectivity index (χ4v) is 4.11. The van der Waals surface area contributed by atoms with Crippen molar-refractivity contribution in [3.8, 4) is 0 Å². The molecule has 2 heterocycles. The standard InChI is InChI=1S/C18H28N4OS2/c1-13(23)20-17-21-15(12-25-17)8-7-14-10-16(24-11-14)6-5-9-22(19)18(2,3)4/h10-12H,5-9,19H2,1-4H3,(H,20,21,23). The van der Waals surface area contributed by atoms with Crippen molar-refractivity contribution in [2.75, 3.05) is 11.9 Å². The van der Waals surface area contributed by atoms with E-state index in [4.69, 9.17) is 5.84 Å². The van der Waals surface area contributed by atoms with Crippen molar-refractivity contribution in [1.82, 2.24) is 9.99 Å². The van der Waals surface area contributed by atoms with Gasteiger partial charge in [-0.1, -0.05) is 0 Å². The number of thiazole rings is 1. The Morgan fingerprint density at radius 2 is 2.00 bits per heavy atom. The predicted molar refractivity (Wildman–Crippen MR) is 107 cm³/mol. The summed E-state index contributed by atoms with van der Waals surface area (Å²) in [7, 11) is 0. The molecule has 0 aromatic carbocycles. The monoisotopic (exact) mass is 380 g/mol. The van der Waals surface area contributed by atoms with Gasteiger partial charge in [0.1, 0.15) is 0 Å². The average Bonchev–Trinajstić information content (AvgIpc) is 3.13. The molecule has 2 aromatic rings. The number of nitrogens with zero attached hydrogens (tertiary/aromatic N) is 2. The van der Waals surface area contributed by atoms with Crippen LogP contribution < -0.4 is 11.2 Å². The summed E-state index contributed by atoms with van der Waals surface area (Å²) in [6.45, 7) is 8.80. The summed E-state index contributed by atoms with van der Waals surface area (Å²) in [6, 6.07) is 2.30. The lowest BCUT2D eigenvalue weighted by atomic mass is 10.1. The van der Waals surface area contributed by atoms with Crippen LogP contribution in [0.3, 0.4) is 0 Å². The molecule has 0 bridgehead atoms. The van der Waals surface area contributed by atoms with Crippen LogP contribution in [0.15, 0.2) is 16.8 Å². The topological polar surface area (TPSA) is 71.2 Å². The molecule has 0 spiro atoms. The minimum Gasteiger partial charge on any atom is -0.302 e. The molecule has 0 saturated carbocycles. The van der Waals surface area contributed by atoms with Crippen LogP contribution in [0.1, 0.15) is 50.3 Å². The maximum Gasteiger partial charge on any atom is 0.223 e. The van der Waals surface area contributed by atoms with E-state index in [0.29, 0.717) is 5.13 Å². The van der Waals surface area contributed by atoms with Crippen LogP contribution in [0.25, 0.3) is 0 Å². The Balaban J connectivity index is 1.76. The van der Waals surface area contributed by atoms with Crippen molar-refractivity contribution < 1.29 is 4.79 Å². The number of hydrogen-bond donors (Lipinski definition) is 2. The molecule has 7 heteroatoms. The van der Waals surface area contributed by atoms with Gasteiger partial charge in [0, 0.05) is 29.3 Å². The highest BCUT2D eigenvalue weighted by molar-refractivity contribution is 7.13. The number of aryl methyl sites for hydroxylation is 3. The molecule has 25 heavy (non-hydrogen) atoms. The number of hydrogen-bond acceptors (Lipinski definition) is 6. The molecular formula is C18H28N4OS2. The molecular weight excluding hydrogens is 352 g/mol. The first-order valence-corrected chi connectivity index (χ1v) is 10.3. The first kappa shape index (κ1) is 20.0. The first-order chi connectivity index (χ1) is 11.7. The number of rotatable bonds is 8. The predicted octanol–water partition coefficient (Wildman–Crippen LogP) is 3.86. The van der Waals surface area contributed by atoms with Gasteiger partial charge in [-0.3, -0.25) is 10.6 Å². The minimum atomic E-state index is -0.0779. The van der Waals surface area contributed by atoms with Gasteiger partial charge in [-0.15, -0.1) is 22.7 Å². The van der Waals surface area contributed by atoms with Gasteiger partial charge in [0.25, 0.3) is 0 Å². The normalized spacial score (nSPS) is 11.9. The molecule has 0 atom stereocenters. The van der Waals surface area contributed by atoms with Gasteiger partial charge < -0.3 is 5.32 Å². The number of carbonyl (C=O) groups is 1. The molecule has 0 aliphatic carbocycles. The largest absolute Gasteiger partial charge is 0.302 e. The number of carbonyl (C=O) groups excluding carboxylic acids is 1. The van der Waals surface area contributed by atoms with Crippen molar-refractivity contribution in [3.63, 3.8) is 0 Å². The number of hydrazine groups is 1. The number of anilines is 1. The summed E-state index contributed by atoms with van der Waals surface area (Å²) >= 11 is 3.30. The van der Waals surface area contributed by atoms with E-state index in [1.165, 1.54) is 28.7 Å². The highest BCUT2D eigenvalue weighted by Crippen LogP contribution is 2.21. The van der Waals surface area contributed by atoms with Crippen LogP contribution in [0.5, 0.6) is 0 Å². The third-order valence-electron chi connectivity index (χ3n) is 3.90. The van der Waals surface area contributed by atoms with E-state index < -0.39 is 0 Å². The van der Waals surface area contributed by atoms with Gasteiger partial charge in [-0.05, 0) is 63.5 Å². The number of aromatic nitrogens is 1. The molecule has 0 fully saturated rings. The minimum absolute atomic E-state index is 0.0181. The van der Waals surface area contributed by atoms with Gasteiger partial charge in [0.15, 0.2) is 5.13 Å². The summed E-state index contributed by atoms with van der Waals surface area (Å²) in [5.74, 6) is 5.99. The van der Waals surface area contributed by atoms with Crippen molar-refractivity contribution in [3.05, 3.63) is 33.0 Å². The Hall–Kier alpha value is -1.28. The fourth-order valence-electron chi connectivity index (χ4n) is 2.35. The van der Waals surface area contributed by atoms with Gasteiger partial charge in [0.2, 0.25) is 5.91 Å². The second-order valence-electron chi connectivity index (χ2n) is 7.21. The lowest BCUT2D eigenvalue weighted by Crippen LogP contribution is -2.47. The van der Waals surface area contributed by atoms with Crippen molar-refractivity contribution in [1.29, 1.82) is 0 Å². The van der Waals surface area contributed by atoms with E-state index in [0.717, 1.165) is 37.9 Å². The fraction of sp³-hybridized carbons (Fsp3) is 0.556. The lowest BCUT2D eigenvalue weighted by Gasteiger charge is -2.31. The average molecular weight is 381 g/mol. The first-order valence-electron chi connectivity index (χ1n) is 8.54. The molecule has 0 aliphatic rings. The van der Waals surface area contributed by atoms with E-state index in [1.807, 2.05) is 21.7 Å². The number of nitrogens with one attached hydrogen (secondary N) is 1. The summed E-state index contributed by atoms with van der Waals surface area (Å²) in [6.07, 6.45) is 4.01. The quantitative estimate of drug-likeness (QED) is 0.539. The SMILES string of the molecule is CC(=O)Nc1nc(CCc2csc(CCCN(N)C(C)(C)C)c2)cs1. The Kier molecular flexibility index (Phi) is 7.13. The second-order valence-corrected chi connectivity index (χ2v) is 9.07. The van der Waals surface area contributed by atoms with Crippen LogP contribution in [0.4, 0.5) is 5.13 Å². The molecule has 0 aliphatic heterocycles. The van der Waals surface area contributed by atoms with Crippen molar-refractivity contribution in [2.24, 2.45) is 5.84 Å². The van der Waals surface area contributed by atoms with E-state index in [-0.39, 0.29) is 11.4 Å². The molecule has 0 radical (unpaired) electrons. The van der Waals surface area contributed by atoms with Gasteiger partial charge in [-0.25, -0.2) is 9.99 Å². The Bertz CT molecular complexity index is 687. The summed E-state index contributed by atoms with van der Waals surface area (Å²) in [4.78, 5) is 16.9. The Labute approximate surface area is 158 Å². The Morgan fingerprint density at radius 3 is 2.68 bits per heavy atom. The summed E-state index contributed by atoms with van der Waals surface area (Å²) in [5.41, 5.74) is 2.41. The zero-order valence-electron chi connectivity index (χ0n) is 15.5. The smallest absolute Gasteiger partial charge is 0.223 e. The maximum absolute atomic E-state index is 11.0. The van der Waals surface area contributed by atoms with Crippen LogP contribution >= 0.6 is 22.7 Å². The Morgan fingerprint density at radius 1 is 1.24 bits per heavy atom. The highest BCUT2D eigenvalue weighted by atomic mass is 32.1. The van der Waals surface area contributed by atoms with E-state index >= 15 is 0 Å². The summed E-state index contributed by atoms with van der Waals surface area (Å²) < 4.78 is 0. The van der Waals surface area contributed by atoms with E-state index in [2.05, 4.69) is 42.5 Å². The zero-order chi connectivity index (χ0) is 18.4. The van der Waals surface area contributed by atoms with Crippen molar-refractivity contribution >= 4 is 33.7 Å². The number of nitrogens with two attached hydrogens (primary N) is 1. The molecule has 2 rings (SSSR count). The van der Waals surface area contributed by atoms with Crippen LogP contribution in [0.2, 0.25) is 0 Å². The molecule has 3 N–H and O–H groups in total. The third kappa shape index (κ3) is 6.86. The molecule has 5 nitrogen and oxygen atoms in total. The zero-order valence-corrected chi connectivity index (χ0v) is 17.1. The van der Waals surface area contributed by atoms with Gasteiger partial charge in [-0.2, -0.15) is 0 Å². The van der Waals surface area contributed by atoms with E-state index in [9.17, 15) is 4.79 Å². The lowest BCUT2D eigenvalue weighted by molar-refractivity contribution is -0.114. The van der Waals surface area contributed by atoms with Gasteiger partial charge >= 0.3 is 0 Å². The molecule has 138 valence electrons. The van der Waals surface area contributed by atoms with Crippen molar-refractivity contribution in [2.45, 2.75) is 58.9 Å². The number of thiophene rings is 1. The molecule has 1 amide bonds. The molecule has 2 aromatic heterocycles. The third-order valence-corrected chi connectivity index (χ3v) is 5.75. The second kappa shape index (κ2) is 8.89. The summed E-state index contributed by atoms with van der Waals surface area (Å²) in [5, 5.41) is 9.57. The van der Waals surface area contributed by atoms with Crippen LogP contribution in [-0.2, 0) is 24.1 Å². The van der Waals surface area contributed by atoms with Gasteiger partial charge in [0.05, 0.1) is 5.69 Å². The molecule has 0 unspecified atom stereocenters. The number of amides is 1.